The first-order valence-electron chi connectivity index (χ1n) is 9.22. The van der Waals surface area contributed by atoms with Crippen LogP contribution < -0.4 is 5.01 Å². The molecular weight excluding hydrogens is 332 g/mol. The van der Waals surface area contributed by atoms with Gasteiger partial charge in [0.25, 0.3) is 5.91 Å². The summed E-state index contributed by atoms with van der Waals surface area (Å²) in [4.78, 5) is 13.9. The van der Waals surface area contributed by atoms with Gasteiger partial charge in [0, 0.05) is 19.7 Å². The number of hydrogen-bond donors (Lipinski definition) is 0. The highest BCUT2D eigenvalue weighted by Gasteiger charge is 2.50. The Hall–Kier alpha value is -3.07. The Bertz CT molecular complexity index is 944. The Morgan fingerprint density at radius 2 is 1.15 bits per heavy atom. The van der Waals surface area contributed by atoms with Crippen molar-refractivity contribution in [1.82, 2.24) is 5.01 Å². The van der Waals surface area contributed by atoms with E-state index in [1.54, 1.807) is 5.01 Å². The van der Waals surface area contributed by atoms with E-state index in [-0.39, 0.29) is 5.91 Å². The van der Waals surface area contributed by atoms with E-state index in [0.29, 0.717) is 0 Å². The zero-order valence-electron chi connectivity index (χ0n) is 16.2. The predicted molar refractivity (Wildman–Crippen MR) is 110 cm³/mol. The topological polar surface area (TPSA) is 23.6 Å². The van der Waals surface area contributed by atoms with Gasteiger partial charge in [-0.25, -0.2) is 0 Å². The highest BCUT2D eigenvalue weighted by molar-refractivity contribution is 6.00. The number of fused-ring (bicyclic) bond motifs is 1. The number of amides is 1. The lowest BCUT2D eigenvalue weighted by Gasteiger charge is -2.47. The Balaban J connectivity index is 2.12. The smallest absolute Gasteiger partial charge is 0.260 e. The molecule has 1 heterocycles. The van der Waals surface area contributed by atoms with Gasteiger partial charge in [0.05, 0.1) is 5.69 Å². The van der Waals surface area contributed by atoms with Crippen LogP contribution in [0.5, 0.6) is 0 Å². The number of carbonyl (C=O) groups excluding carboxylic acids is 1. The summed E-state index contributed by atoms with van der Waals surface area (Å²) in [7, 11) is 3.78. The van der Waals surface area contributed by atoms with E-state index >= 15 is 0 Å². The lowest BCUT2D eigenvalue weighted by atomic mass is 9.67. The molecule has 0 bridgehead atoms. The fourth-order valence-corrected chi connectivity index (χ4v) is 4.06. The van der Waals surface area contributed by atoms with Crippen molar-refractivity contribution in [2.45, 2.75) is 19.3 Å². The number of carbonyl (C=O) groups is 1. The number of para-hydroxylation sites is 1. The minimum Gasteiger partial charge on any atom is -0.286 e. The molecule has 0 aromatic heterocycles. The normalized spacial score (nSPS) is 15.6. The molecule has 0 atom stereocenters. The number of aryl methyl sites for hydroxylation is 2. The van der Waals surface area contributed by atoms with Crippen molar-refractivity contribution in [3.05, 3.63) is 101 Å². The van der Waals surface area contributed by atoms with Crippen molar-refractivity contribution in [2.24, 2.45) is 0 Å². The van der Waals surface area contributed by atoms with Crippen LogP contribution in [0.2, 0.25) is 0 Å². The highest BCUT2D eigenvalue weighted by atomic mass is 16.2. The van der Waals surface area contributed by atoms with Crippen molar-refractivity contribution in [3.8, 4) is 0 Å². The second-order valence-electron chi connectivity index (χ2n) is 7.35. The number of nitrogens with zero attached hydrogens (tertiary/aromatic N) is 2. The number of likely N-dealkylation sites (N-methyl/N-ethyl adjacent to an activating group) is 1. The third-order valence-corrected chi connectivity index (χ3v) is 5.69. The number of hydrogen-bond acceptors (Lipinski definition) is 2. The van der Waals surface area contributed by atoms with Crippen LogP contribution in [0.1, 0.15) is 27.8 Å². The van der Waals surface area contributed by atoms with E-state index in [4.69, 9.17) is 0 Å². The molecule has 0 N–H and O–H groups in total. The zero-order chi connectivity index (χ0) is 19.2. The predicted octanol–water partition coefficient (Wildman–Crippen LogP) is 4.46. The third-order valence-electron chi connectivity index (χ3n) is 5.69. The molecule has 0 aliphatic carbocycles. The quantitative estimate of drug-likeness (QED) is 0.677. The zero-order valence-corrected chi connectivity index (χ0v) is 16.2. The second kappa shape index (κ2) is 6.27. The van der Waals surface area contributed by atoms with Crippen molar-refractivity contribution in [3.63, 3.8) is 0 Å². The maximum absolute atomic E-state index is 13.9. The van der Waals surface area contributed by atoms with Crippen molar-refractivity contribution in [1.29, 1.82) is 0 Å². The van der Waals surface area contributed by atoms with Crippen LogP contribution >= 0.6 is 0 Å². The van der Waals surface area contributed by atoms with E-state index < -0.39 is 5.41 Å². The third kappa shape index (κ3) is 2.46. The van der Waals surface area contributed by atoms with E-state index in [2.05, 4.69) is 74.5 Å². The number of anilines is 1. The van der Waals surface area contributed by atoms with Crippen LogP contribution in [0, 0.1) is 13.8 Å². The fraction of sp³-hybridized carbons (Fsp3) is 0.208. The summed E-state index contributed by atoms with van der Waals surface area (Å²) in [6.45, 7) is 4.14. The monoisotopic (exact) mass is 356 g/mol. The van der Waals surface area contributed by atoms with Crippen molar-refractivity contribution in [2.75, 3.05) is 19.1 Å². The molecule has 0 saturated heterocycles. The molecule has 0 spiro atoms. The van der Waals surface area contributed by atoms with Gasteiger partial charge in [-0.05, 0) is 31.0 Å². The maximum Gasteiger partial charge on any atom is 0.260 e. The molecule has 1 amide bonds. The number of hydrazine groups is 1. The summed E-state index contributed by atoms with van der Waals surface area (Å²) in [6, 6.07) is 24.9. The van der Waals surface area contributed by atoms with Crippen LogP contribution in [0.15, 0.2) is 72.8 Å². The SMILES string of the molecule is Cc1ccc(C2(c3ccc(C)cc3)C(=O)N(C)N(C)c3ccccc32)cc1. The first-order valence-corrected chi connectivity index (χ1v) is 9.22. The molecule has 3 nitrogen and oxygen atoms in total. The summed E-state index contributed by atoms with van der Waals surface area (Å²) in [5, 5.41) is 3.65. The summed E-state index contributed by atoms with van der Waals surface area (Å²) in [5.41, 5.74) is 5.55. The first kappa shape index (κ1) is 17.3. The highest BCUT2D eigenvalue weighted by Crippen LogP contribution is 2.47. The largest absolute Gasteiger partial charge is 0.286 e. The molecule has 136 valence electrons. The minimum absolute atomic E-state index is 0.0522. The summed E-state index contributed by atoms with van der Waals surface area (Å²) >= 11 is 0. The fourth-order valence-electron chi connectivity index (χ4n) is 4.06. The van der Waals surface area contributed by atoms with E-state index in [1.165, 1.54) is 11.1 Å². The van der Waals surface area contributed by atoms with E-state index in [0.717, 1.165) is 22.4 Å². The van der Waals surface area contributed by atoms with Gasteiger partial charge >= 0.3 is 0 Å². The molecule has 4 rings (SSSR count). The van der Waals surface area contributed by atoms with Gasteiger partial charge in [-0.1, -0.05) is 77.9 Å². The molecule has 1 aliphatic rings. The molecule has 0 radical (unpaired) electrons. The van der Waals surface area contributed by atoms with Gasteiger partial charge < -0.3 is 0 Å². The van der Waals surface area contributed by atoms with Crippen molar-refractivity contribution >= 4 is 11.6 Å². The molecule has 0 saturated carbocycles. The second-order valence-corrected chi connectivity index (χ2v) is 7.35. The summed E-state index contributed by atoms with van der Waals surface area (Å²) < 4.78 is 0. The van der Waals surface area contributed by atoms with Crippen LogP contribution in [-0.4, -0.2) is 25.0 Å². The lowest BCUT2D eigenvalue weighted by Crippen LogP contribution is -2.57. The van der Waals surface area contributed by atoms with Gasteiger partial charge in [-0.3, -0.25) is 14.8 Å². The lowest BCUT2D eigenvalue weighted by molar-refractivity contribution is -0.134. The Kier molecular flexibility index (Phi) is 4.03. The number of benzene rings is 3. The average Bonchev–Trinajstić information content (AvgIpc) is 2.69. The first-order chi connectivity index (χ1) is 13.0. The molecule has 0 unspecified atom stereocenters. The van der Waals surface area contributed by atoms with Gasteiger partial charge in [-0.15, -0.1) is 0 Å². The average molecular weight is 356 g/mol. The van der Waals surface area contributed by atoms with Crippen molar-refractivity contribution < 1.29 is 4.79 Å². The molecule has 27 heavy (non-hydrogen) atoms. The van der Waals surface area contributed by atoms with Gasteiger partial charge in [-0.2, -0.15) is 0 Å². The molecule has 1 aliphatic heterocycles. The maximum atomic E-state index is 13.9. The van der Waals surface area contributed by atoms with Gasteiger partial charge in [0.2, 0.25) is 0 Å². The molecule has 0 fully saturated rings. The number of rotatable bonds is 2. The molecule has 3 aromatic carbocycles. The molecule has 3 heteroatoms. The van der Waals surface area contributed by atoms with Gasteiger partial charge in [0.15, 0.2) is 0 Å². The Morgan fingerprint density at radius 3 is 1.67 bits per heavy atom. The molecular formula is C24H24N2O. The van der Waals surface area contributed by atoms with Gasteiger partial charge in [0.1, 0.15) is 5.41 Å². The Morgan fingerprint density at radius 1 is 0.667 bits per heavy atom. The van der Waals surface area contributed by atoms with Crippen LogP contribution in [0.3, 0.4) is 0 Å². The standard InChI is InChI=1S/C24H24N2O/c1-17-9-13-19(14-10-17)24(20-15-11-18(2)12-16-20)21-7-5-6-8-22(21)25(3)26(4)23(24)27/h5-16H,1-4H3. The van der Waals surface area contributed by atoms with E-state index in [1.807, 2.05) is 31.2 Å². The summed E-state index contributed by atoms with van der Waals surface area (Å²) in [5.74, 6) is 0.0522. The van der Waals surface area contributed by atoms with Crippen LogP contribution in [0.4, 0.5) is 5.69 Å². The van der Waals surface area contributed by atoms with E-state index in [9.17, 15) is 4.79 Å². The minimum atomic E-state index is -0.862. The summed E-state index contributed by atoms with van der Waals surface area (Å²) in [6.07, 6.45) is 0. The van der Waals surface area contributed by atoms with Crippen LogP contribution in [-0.2, 0) is 10.2 Å². The Labute approximate surface area is 160 Å². The molecule has 3 aromatic rings. The van der Waals surface area contributed by atoms with Crippen LogP contribution in [0.25, 0.3) is 0 Å².